The molecule has 0 amide bonds. The molecule has 0 saturated carbocycles. The molecule has 0 bridgehead atoms. The first-order chi connectivity index (χ1) is 16.7. The van der Waals surface area contributed by atoms with Crippen LogP contribution < -0.4 is 15.4 Å². The van der Waals surface area contributed by atoms with Gasteiger partial charge in [-0.3, -0.25) is 5.10 Å². The van der Waals surface area contributed by atoms with Crippen molar-refractivity contribution in [2.24, 2.45) is 5.92 Å². The first-order valence-electron chi connectivity index (χ1n) is 11.5. The zero-order valence-corrected chi connectivity index (χ0v) is 19.7. The topological polar surface area (TPSA) is 87.8 Å². The quantitative estimate of drug-likeness (QED) is 0.318. The molecular formula is C26H27ClN6O. The summed E-state index contributed by atoms with van der Waals surface area (Å²) >= 11 is 6.03. The lowest BCUT2D eigenvalue weighted by atomic mass is 9.93. The van der Waals surface area contributed by atoms with Crippen molar-refractivity contribution in [2.75, 3.05) is 18.4 Å². The van der Waals surface area contributed by atoms with E-state index in [4.69, 9.17) is 21.3 Å². The van der Waals surface area contributed by atoms with Gasteiger partial charge < -0.3 is 15.4 Å². The Balaban J connectivity index is 1.28. The zero-order chi connectivity index (χ0) is 23.3. The summed E-state index contributed by atoms with van der Waals surface area (Å²) in [6.07, 6.45) is 6.09. The van der Waals surface area contributed by atoms with Crippen LogP contribution in [0.1, 0.15) is 19.8 Å². The third-order valence-electron chi connectivity index (χ3n) is 6.17. The second-order valence-electron chi connectivity index (χ2n) is 8.48. The SMILES string of the molecule is CC(Oc1ccc(Nc2nccc(-c3c[nH]nc3-c3ccc(Cl)cc3)n2)cc1)C1CCNCC1. The Morgan fingerprint density at radius 2 is 1.79 bits per heavy atom. The van der Waals surface area contributed by atoms with Crippen LogP contribution in [0.3, 0.4) is 0 Å². The maximum Gasteiger partial charge on any atom is 0.227 e. The summed E-state index contributed by atoms with van der Waals surface area (Å²) in [5.41, 5.74) is 4.33. The molecule has 1 saturated heterocycles. The minimum Gasteiger partial charge on any atom is -0.490 e. The summed E-state index contributed by atoms with van der Waals surface area (Å²) in [7, 11) is 0. The first-order valence-corrected chi connectivity index (χ1v) is 11.9. The van der Waals surface area contributed by atoms with Crippen LogP contribution in [0, 0.1) is 5.92 Å². The molecule has 1 fully saturated rings. The van der Waals surface area contributed by atoms with Gasteiger partial charge in [-0.1, -0.05) is 23.7 Å². The van der Waals surface area contributed by atoms with Gasteiger partial charge in [-0.15, -0.1) is 0 Å². The van der Waals surface area contributed by atoms with E-state index in [0.717, 1.165) is 59.9 Å². The van der Waals surface area contributed by atoms with Crippen LogP contribution >= 0.6 is 11.6 Å². The molecule has 5 rings (SSSR count). The molecule has 1 aliphatic rings. The van der Waals surface area contributed by atoms with Crippen molar-refractivity contribution in [3.8, 4) is 28.3 Å². The van der Waals surface area contributed by atoms with Gasteiger partial charge >= 0.3 is 0 Å². The Morgan fingerprint density at radius 1 is 1.03 bits per heavy atom. The largest absolute Gasteiger partial charge is 0.490 e. The molecule has 7 nitrogen and oxygen atoms in total. The second-order valence-corrected chi connectivity index (χ2v) is 8.92. The van der Waals surface area contributed by atoms with E-state index in [1.165, 1.54) is 0 Å². The molecule has 2 aromatic carbocycles. The number of benzene rings is 2. The van der Waals surface area contributed by atoms with E-state index < -0.39 is 0 Å². The number of aromatic amines is 1. The molecule has 3 heterocycles. The van der Waals surface area contributed by atoms with E-state index >= 15 is 0 Å². The molecule has 8 heteroatoms. The Labute approximate surface area is 204 Å². The fraction of sp³-hybridized carbons (Fsp3) is 0.269. The van der Waals surface area contributed by atoms with Gasteiger partial charge in [0.25, 0.3) is 0 Å². The molecule has 0 radical (unpaired) electrons. The normalized spacial score (nSPS) is 15.1. The fourth-order valence-electron chi connectivity index (χ4n) is 4.25. The van der Waals surface area contributed by atoms with E-state index in [-0.39, 0.29) is 6.10 Å². The van der Waals surface area contributed by atoms with E-state index in [0.29, 0.717) is 16.9 Å². The van der Waals surface area contributed by atoms with Crippen molar-refractivity contribution < 1.29 is 4.74 Å². The summed E-state index contributed by atoms with van der Waals surface area (Å²) in [5.74, 6) is 1.98. The third-order valence-corrected chi connectivity index (χ3v) is 6.42. The Kier molecular flexibility index (Phi) is 6.74. The molecule has 34 heavy (non-hydrogen) atoms. The van der Waals surface area contributed by atoms with Crippen LogP contribution in [-0.4, -0.2) is 39.4 Å². The molecule has 1 aliphatic heterocycles. The maximum atomic E-state index is 6.18. The van der Waals surface area contributed by atoms with Crippen LogP contribution in [0.4, 0.5) is 11.6 Å². The molecule has 0 aliphatic carbocycles. The molecule has 174 valence electrons. The Hall–Kier alpha value is -3.42. The number of nitrogens with zero attached hydrogens (tertiary/aromatic N) is 3. The number of aromatic nitrogens is 4. The molecule has 1 unspecified atom stereocenters. The molecule has 2 aromatic heterocycles. The number of rotatable bonds is 7. The minimum absolute atomic E-state index is 0.200. The average Bonchev–Trinajstić information content (AvgIpc) is 3.36. The van der Waals surface area contributed by atoms with Gasteiger partial charge in [0.1, 0.15) is 11.4 Å². The van der Waals surface area contributed by atoms with Gasteiger partial charge in [-0.2, -0.15) is 5.10 Å². The number of H-pyrrole nitrogens is 1. The summed E-state index contributed by atoms with van der Waals surface area (Å²) in [5, 5.41) is 14.7. The Bertz CT molecular complexity index is 1220. The van der Waals surface area contributed by atoms with Crippen molar-refractivity contribution in [3.05, 3.63) is 72.0 Å². The average molecular weight is 475 g/mol. The molecule has 1 atom stereocenters. The van der Waals surface area contributed by atoms with Crippen molar-refractivity contribution in [3.63, 3.8) is 0 Å². The predicted molar refractivity (Wildman–Crippen MR) is 135 cm³/mol. The molecule has 4 aromatic rings. The zero-order valence-electron chi connectivity index (χ0n) is 19.0. The number of hydrogen-bond donors (Lipinski definition) is 3. The lowest BCUT2D eigenvalue weighted by Gasteiger charge is -2.28. The van der Waals surface area contributed by atoms with Crippen molar-refractivity contribution in [2.45, 2.75) is 25.9 Å². The Morgan fingerprint density at radius 3 is 2.56 bits per heavy atom. The highest BCUT2D eigenvalue weighted by Gasteiger charge is 2.21. The highest BCUT2D eigenvalue weighted by molar-refractivity contribution is 6.30. The van der Waals surface area contributed by atoms with Crippen LogP contribution in [0.2, 0.25) is 5.02 Å². The first kappa shape index (κ1) is 22.4. The summed E-state index contributed by atoms with van der Waals surface area (Å²) < 4.78 is 6.18. The van der Waals surface area contributed by atoms with E-state index in [1.54, 1.807) is 6.20 Å². The molecule has 0 spiro atoms. The summed E-state index contributed by atoms with van der Waals surface area (Å²) in [6.45, 7) is 4.30. The predicted octanol–water partition coefficient (Wildman–Crippen LogP) is 5.70. The van der Waals surface area contributed by atoms with Gasteiger partial charge in [-0.25, -0.2) is 9.97 Å². The number of hydrogen-bond acceptors (Lipinski definition) is 6. The van der Waals surface area contributed by atoms with Gasteiger partial charge in [0.05, 0.1) is 11.8 Å². The van der Waals surface area contributed by atoms with Crippen LogP contribution in [0.5, 0.6) is 5.75 Å². The van der Waals surface area contributed by atoms with Crippen molar-refractivity contribution >= 4 is 23.2 Å². The number of nitrogens with one attached hydrogen (secondary N) is 3. The number of ether oxygens (including phenoxy) is 1. The second kappa shape index (κ2) is 10.2. The fourth-order valence-corrected chi connectivity index (χ4v) is 4.38. The number of piperidine rings is 1. The van der Waals surface area contributed by atoms with E-state index in [1.807, 2.05) is 60.8 Å². The molecule has 3 N–H and O–H groups in total. The van der Waals surface area contributed by atoms with Crippen molar-refractivity contribution in [1.82, 2.24) is 25.5 Å². The summed E-state index contributed by atoms with van der Waals surface area (Å²) in [4.78, 5) is 9.08. The van der Waals surface area contributed by atoms with Gasteiger partial charge in [0.2, 0.25) is 5.95 Å². The van der Waals surface area contributed by atoms with E-state index in [9.17, 15) is 0 Å². The highest BCUT2D eigenvalue weighted by Crippen LogP contribution is 2.30. The lowest BCUT2D eigenvalue weighted by Crippen LogP contribution is -2.35. The third kappa shape index (κ3) is 5.21. The van der Waals surface area contributed by atoms with Gasteiger partial charge in [-0.05, 0) is 81.2 Å². The standard InChI is InChI=1S/C26H27ClN6O/c1-17(18-10-13-28-14-11-18)34-22-8-6-21(7-9-22)31-26-29-15-12-24(32-26)23-16-30-33-25(23)19-2-4-20(27)5-3-19/h2-9,12,15-18,28H,10-11,13-14H2,1H3,(H,30,33)(H,29,31,32). The van der Waals surface area contributed by atoms with Gasteiger partial charge in [0, 0.05) is 34.2 Å². The number of halogens is 1. The van der Waals surface area contributed by atoms with Crippen LogP contribution in [0.15, 0.2) is 67.0 Å². The van der Waals surface area contributed by atoms with Crippen LogP contribution in [0.25, 0.3) is 22.5 Å². The lowest BCUT2D eigenvalue weighted by molar-refractivity contribution is 0.128. The van der Waals surface area contributed by atoms with E-state index in [2.05, 4.69) is 32.7 Å². The molecular weight excluding hydrogens is 448 g/mol. The van der Waals surface area contributed by atoms with Crippen molar-refractivity contribution in [1.29, 1.82) is 0 Å². The number of anilines is 2. The minimum atomic E-state index is 0.200. The maximum absolute atomic E-state index is 6.18. The smallest absolute Gasteiger partial charge is 0.227 e. The van der Waals surface area contributed by atoms with Gasteiger partial charge in [0.15, 0.2) is 0 Å². The van der Waals surface area contributed by atoms with Crippen LogP contribution in [-0.2, 0) is 0 Å². The summed E-state index contributed by atoms with van der Waals surface area (Å²) in [6, 6.07) is 17.4. The highest BCUT2D eigenvalue weighted by atomic mass is 35.5. The monoisotopic (exact) mass is 474 g/mol.